The number of hydrogen-bond acceptors (Lipinski definition) is 2. The second-order valence-corrected chi connectivity index (χ2v) is 4.40. The van der Waals surface area contributed by atoms with Crippen LogP contribution in [0.4, 0.5) is 0 Å². The SMILES string of the molecule is CCC1CCCN(CCOCCCl)C1. The highest BCUT2D eigenvalue weighted by molar-refractivity contribution is 6.17. The first-order chi connectivity index (χ1) is 6.86. The third kappa shape index (κ3) is 4.63. The van der Waals surface area contributed by atoms with Crippen molar-refractivity contribution in [2.45, 2.75) is 26.2 Å². The molecule has 0 aromatic rings. The van der Waals surface area contributed by atoms with Crippen LogP contribution in [0.15, 0.2) is 0 Å². The smallest absolute Gasteiger partial charge is 0.0602 e. The molecule has 0 N–H and O–H groups in total. The van der Waals surface area contributed by atoms with Gasteiger partial charge in [0.2, 0.25) is 0 Å². The van der Waals surface area contributed by atoms with Gasteiger partial charge in [0.25, 0.3) is 0 Å². The van der Waals surface area contributed by atoms with Gasteiger partial charge >= 0.3 is 0 Å². The van der Waals surface area contributed by atoms with Gasteiger partial charge in [-0.3, -0.25) is 0 Å². The fraction of sp³-hybridized carbons (Fsp3) is 1.00. The lowest BCUT2D eigenvalue weighted by atomic mass is 9.96. The molecule has 0 bridgehead atoms. The Balaban J connectivity index is 2.05. The Kier molecular flexibility index (Phi) is 6.57. The van der Waals surface area contributed by atoms with Crippen LogP contribution in [0.3, 0.4) is 0 Å². The molecule has 0 spiro atoms. The molecular formula is C11H22ClNO. The van der Waals surface area contributed by atoms with E-state index in [0.29, 0.717) is 12.5 Å². The monoisotopic (exact) mass is 219 g/mol. The Bertz CT molecular complexity index is 143. The minimum absolute atomic E-state index is 0.609. The van der Waals surface area contributed by atoms with Crippen LogP contribution in [0.1, 0.15) is 26.2 Å². The Labute approximate surface area is 92.6 Å². The van der Waals surface area contributed by atoms with Crippen LogP contribution in [0.5, 0.6) is 0 Å². The third-order valence-electron chi connectivity index (χ3n) is 2.95. The summed E-state index contributed by atoms with van der Waals surface area (Å²) in [5.41, 5.74) is 0. The van der Waals surface area contributed by atoms with Crippen molar-refractivity contribution in [2.75, 3.05) is 38.7 Å². The van der Waals surface area contributed by atoms with Crippen molar-refractivity contribution in [3.05, 3.63) is 0 Å². The van der Waals surface area contributed by atoms with Gasteiger partial charge < -0.3 is 9.64 Å². The standard InChI is InChI=1S/C11H22ClNO/c1-2-11-4-3-6-13(10-11)7-9-14-8-5-12/h11H,2-10H2,1H3. The summed E-state index contributed by atoms with van der Waals surface area (Å²) in [6.45, 7) is 7.41. The molecule has 0 aromatic carbocycles. The molecule has 1 aliphatic heterocycles. The van der Waals surface area contributed by atoms with E-state index in [1.165, 1.54) is 32.4 Å². The number of nitrogens with zero attached hydrogens (tertiary/aromatic N) is 1. The average molecular weight is 220 g/mol. The molecule has 0 amide bonds. The Morgan fingerprint density at radius 3 is 3.00 bits per heavy atom. The van der Waals surface area contributed by atoms with Crippen LogP contribution in [0, 0.1) is 5.92 Å². The predicted molar refractivity (Wildman–Crippen MR) is 61.0 cm³/mol. The molecule has 1 heterocycles. The summed E-state index contributed by atoms with van der Waals surface area (Å²) < 4.78 is 5.38. The normalized spacial score (nSPS) is 24.0. The van der Waals surface area contributed by atoms with Gasteiger partial charge in [-0.2, -0.15) is 0 Å². The molecule has 1 unspecified atom stereocenters. The van der Waals surface area contributed by atoms with E-state index in [4.69, 9.17) is 16.3 Å². The van der Waals surface area contributed by atoms with E-state index in [0.717, 1.165) is 19.1 Å². The van der Waals surface area contributed by atoms with E-state index in [-0.39, 0.29) is 0 Å². The van der Waals surface area contributed by atoms with Gasteiger partial charge in [0.05, 0.1) is 13.2 Å². The van der Waals surface area contributed by atoms with Crippen molar-refractivity contribution in [2.24, 2.45) is 5.92 Å². The van der Waals surface area contributed by atoms with Crippen LogP contribution in [0.25, 0.3) is 0 Å². The van der Waals surface area contributed by atoms with E-state index < -0.39 is 0 Å². The van der Waals surface area contributed by atoms with Crippen LogP contribution in [-0.4, -0.2) is 43.6 Å². The first kappa shape index (κ1) is 12.3. The maximum Gasteiger partial charge on any atom is 0.0602 e. The van der Waals surface area contributed by atoms with Gasteiger partial charge in [0, 0.05) is 19.0 Å². The van der Waals surface area contributed by atoms with E-state index in [1.54, 1.807) is 0 Å². The highest BCUT2D eigenvalue weighted by atomic mass is 35.5. The molecule has 0 aliphatic carbocycles. The molecule has 1 atom stereocenters. The predicted octanol–water partition coefficient (Wildman–Crippen LogP) is 2.36. The van der Waals surface area contributed by atoms with Gasteiger partial charge in [-0.05, 0) is 25.3 Å². The third-order valence-corrected chi connectivity index (χ3v) is 3.11. The highest BCUT2D eigenvalue weighted by Gasteiger charge is 2.17. The lowest BCUT2D eigenvalue weighted by Gasteiger charge is -2.31. The van der Waals surface area contributed by atoms with Gasteiger partial charge in [-0.15, -0.1) is 11.6 Å². The van der Waals surface area contributed by atoms with Crippen LogP contribution >= 0.6 is 11.6 Å². The molecule has 1 saturated heterocycles. The highest BCUT2D eigenvalue weighted by Crippen LogP contribution is 2.18. The summed E-state index contributed by atoms with van der Waals surface area (Å²) in [6, 6.07) is 0. The topological polar surface area (TPSA) is 12.5 Å². The Hall–Kier alpha value is 0.210. The minimum atomic E-state index is 0.609. The Morgan fingerprint density at radius 2 is 2.29 bits per heavy atom. The summed E-state index contributed by atoms with van der Waals surface area (Å²) in [5.74, 6) is 1.52. The van der Waals surface area contributed by atoms with Crippen LogP contribution in [0.2, 0.25) is 0 Å². The molecule has 1 fully saturated rings. The van der Waals surface area contributed by atoms with Crippen molar-refractivity contribution in [3.63, 3.8) is 0 Å². The fourth-order valence-corrected chi connectivity index (χ4v) is 2.15. The summed E-state index contributed by atoms with van der Waals surface area (Å²) in [4.78, 5) is 2.52. The summed E-state index contributed by atoms with van der Waals surface area (Å²) in [7, 11) is 0. The zero-order chi connectivity index (χ0) is 10.2. The number of hydrogen-bond donors (Lipinski definition) is 0. The number of rotatable bonds is 6. The number of likely N-dealkylation sites (tertiary alicyclic amines) is 1. The summed E-state index contributed by atoms with van der Waals surface area (Å²) >= 11 is 5.53. The number of ether oxygens (including phenoxy) is 1. The second kappa shape index (κ2) is 7.49. The lowest BCUT2D eigenvalue weighted by molar-refractivity contribution is 0.0920. The molecule has 1 aliphatic rings. The zero-order valence-electron chi connectivity index (χ0n) is 9.17. The quantitative estimate of drug-likeness (QED) is 0.503. The van der Waals surface area contributed by atoms with Crippen molar-refractivity contribution in [1.82, 2.24) is 4.90 Å². The molecule has 0 aromatic heterocycles. The average Bonchev–Trinajstić information content (AvgIpc) is 2.25. The number of halogens is 1. The van der Waals surface area contributed by atoms with Crippen molar-refractivity contribution in [3.8, 4) is 0 Å². The first-order valence-corrected chi connectivity index (χ1v) is 6.26. The van der Waals surface area contributed by atoms with E-state index in [2.05, 4.69) is 11.8 Å². The summed E-state index contributed by atoms with van der Waals surface area (Å²) in [6.07, 6.45) is 4.09. The van der Waals surface area contributed by atoms with Gasteiger partial charge in [-0.25, -0.2) is 0 Å². The Morgan fingerprint density at radius 1 is 1.43 bits per heavy atom. The molecule has 14 heavy (non-hydrogen) atoms. The van der Waals surface area contributed by atoms with Gasteiger partial charge in [0.1, 0.15) is 0 Å². The molecule has 3 heteroatoms. The van der Waals surface area contributed by atoms with E-state index >= 15 is 0 Å². The van der Waals surface area contributed by atoms with E-state index in [9.17, 15) is 0 Å². The molecule has 2 nitrogen and oxygen atoms in total. The maximum absolute atomic E-state index is 5.53. The van der Waals surface area contributed by atoms with Gasteiger partial charge in [0.15, 0.2) is 0 Å². The first-order valence-electron chi connectivity index (χ1n) is 5.73. The largest absolute Gasteiger partial charge is 0.379 e. The molecule has 0 saturated carbocycles. The summed E-state index contributed by atoms with van der Waals surface area (Å²) in [5, 5.41) is 0. The van der Waals surface area contributed by atoms with E-state index in [1.807, 2.05) is 0 Å². The molecule has 84 valence electrons. The molecular weight excluding hydrogens is 198 g/mol. The number of piperidine rings is 1. The van der Waals surface area contributed by atoms with Crippen molar-refractivity contribution in [1.29, 1.82) is 0 Å². The zero-order valence-corrected chi connectivity index (χ0v) is 9.93. The number of alkyl halides is 1. The maximum atomic E-state index is 5.53. The van der Waals surface area contributed by atoms with Crippen LogP contribution in [-0.2, 0) is 4.74 Å². The molecule has 1 rings (SSSR count). The fourth-order valence-electron chi connectivity index (χ4n) is 2.04. The molecule has 0 radical (unpaired) electrons. The van der Waals surface area contributed by atoms with Crippen LogP contribution < -0.4 is 0 Å². The van der Waals surface area contributed by atoms with Gasteiger partial charge in [-0.1, -0.05) is 13.3 Å². The van der Waals surface area contributed by atoms with Crippen molar-refractivity contribution >= 4 is 11.6 Å². The lowest BCUT2D eigenvalue weighted by Crippen LogP contribution is -2.37. The van der Waals surface area contributed by atoms with Crippen molar-refractivity contribution < 1.29 is 4.74 Å². The second-order valence-electron chi connectivity index (χ2n) is 4.02. The minimum Gasteiger partial charge on any atom is -0.379 e.